The minimum absolute atomic E-state index is 0.662. The van der Waals surface area contributed by atoms with Gasteiger partial charge < -0.3 is 24.1 Å². The van der Waals surface area contributed by atoms with Crippen molar-refractivity contribution in [1.29, 1.82) is 0 Å². The average Bonchev–Trinajstić information content (AvgIpc) is 2.69. The lowest BCUT2D eigenvalue weighted by Crippen LogP contribution is -2.36. The van der Waals surface area contributed by atoms with Gasteiger partial charge in [-0.25, -0.2) is 9.59 Å². The maximum atomic E-state index is 11.5. The maximum Gasteiger partial charge on any atom is 0.337 e. The first-order chi connectivity index (χ1) is 7.85. The largest absolute Gasteiger partial charge is 0.479 e. The Balaban J connectivity index is 2.24. The Bertz CT molecular complexity index is 351. The van der Waals surface area contributed by atoms with Crippen molar-refractivity contribution in [3.63, 3.8) is 0 Å². The topological polar surface area (TPSA) is 91.3 Å². The number of aliphatic carboxylic acids is 1. The van der Waals surface area contributed by atoms with Crippen LogP contribution in [0.2, 0.25) is 0 Å². The van der Waals surface area contributed by atoms with E-state index in [2.05, 4.69) is 4.74 Å². The predicted octanol–water partition coefficient (Wildman–Crippen LogP) is -0.468. The van der Waals surface area contributed by atoms with E-state index in [1.807, 2.05) is 0 Å². The van der Waals surface area contributed by atoms with E-state index in [1.54, 1.807) is 13.8 Å². The summed E-state index contributed by atoms with van der Waals surface area (Å²) in [6, 6.07) is 0. The maximum absolute atomic E-state index is 11.5. The standard InChI is InChI=1S/C10H14O7/c1-10(2)16-4-5(17-10)7(9(13)14-3)15-6(4)8(11)12/h4-7H,1-3H3,(H,11,12)/t4-,5+,6-,7+/m1/s1. The van der Waals surface area contributed by atoms with Crippen molar-refractivity contribution in [3.05, 3.63) is 0 Å². The molecule has 0 aromatic carbocycles. The molecule has 0 aliphatic carbocycles. The van der Waals surface area contributed by atoms with Crippen LogP contribution in [0.5, 0.6) is 0 Å². The zero-order valence-corrected chi connectivity index (χ0v) is 9.71. The summed E-state index contributed by atoms with van der Waals surface area (Å²) in [4.78, 5) is 22.5. The lowest BCUT2D eigenvalue weighted by molar-refractivity contribution is -0.199. The number of fused-ring (bicyclic) bond motifs is 1. The van der Waals surface area contributed by atoms with E-state index in [4.69, 9.17) is 19.3 Å². The molecule has 0 saturated carbocycles. The van der Waals surface area contributed by atoms with Gasteiger partial charge in [0.15, 0.2) is 18.0 Å². The lowest BCUT2D eigenvalue weighted by atomic mass is 10.1. The molecule has 0 aromatic heterocycles. The fraction of sp³-hybridized carbons (Fsp3) is 0.800. The van der Waals surface area contributed by atoms with Crippen molar-refractivity contribution in [2.24, 2.45) is 0 Å². The van der Waals surface area contributed by atoms with Gasteiger partial charge in [0, 0.05) is 0 Å². The van der Waals surface area contributed by atoms with Crippen molar-refractivity contribution in [2.75, 3.05) is 7.11 Å². The van der Waals surface area contributed by atoms with Crippen LogP contribution < -0.4 is 0 Å². The number of carbonyl (C=O) groups is 2. The Morgan fingerprint density at radius 3 is 2.18 bits per heavy atom. The van der Waals surface area contributed by atoms with Crippen LogP contribution in [0.3, 0.4) is 0 Å². The van der Waals surface area contributed by atoms with E-state index >= 15 is 0 Å². The zero-order valence-electron chi connectivity index (χ0n) is 9.71. The molecule has 1 N–H and O–H groups in total. The molecule has 0 bridgehead atoms. The molecule has 0 unspecified atom stereocenters. The number of hydrogen-bond donors (Lipinski definition) is 1. The predicted molar refractivity (Wildman–Crippen MR) is 52.1 cm³/mol. The van der Waals surface area contributed by atoms with Gasteiger partial charge in [-0.15, -0.1) is 0 Å². The first kappa shape index (κ1) is 12.3. The highest BCUT2D eigenvalue weighted by Crippen LogP contribution is 2.39. The summed E-state index contributed by atoms with van der Waals surface area (Å²) in [5, 5.41) is 8.99. The van der Waals surface area contributed by atoms with Crippen molar-refractivity contribution in [3.8, 4) is 0 Å². The van der Waals surface area contributed by atoms with E-state index in [0.29, 0.717) is 0 Å². The molecule has 2 rings (SSSR count). The van der Waals surface area contributed by atoms with Crippen LogP contribution in [0.4, 0.5) is 0 Å². The molecule has 4 atom stereocenters. The van der Waals surface area contributed by atoms with Gasteiger partial charge in [-0.2, -0.15) is 0 Å². The molecule has 0 amide bonds. The number of carbonyl (C=O) groups excluding carboxylic acids is 1. The highest BCUT2D eigenvalue weighted by molar-refractivity contribution is 5.80. The van der Waals surface area contributed by atoms with Crippen LogP contribution in [0.1, 0.15) is 13.8 Å². The SMILES string of the molecule is COC(=O)[C@H]1O[C@@H](C(=O)O)[C@@H]2OC(C)(C)O[C@@H]21. The molecular formula is C10H14O7. The smallest absolute Gasteiger partial charge is 0.337 e. The number of carboxylic acids is 1. The molecule has 2 aliphatic rings. The number of esters is 1. The first-order valence-electron chi connectivity index (χ1n) is 5.17. The zero-order chi connectivity index (χ0) is 12.8. The number of methoxy groups -OCH3 is 1. The molecule has 0 aromatic rings. The molecule has 96 valence electrons. The quantitative estimate of drug-likeness (QED) is 0.658. The van der Waals surface area contributed by atoms with Crippen LogP contribution in [0.15, 0.2) is 0 Å². The molecular weight excluding hydrogens is 232 g/mol. The third-order valence-electron chi connectivity index (χ3n) is 2.73. The van der Waals surface area contributed by atoms with Crippen molar-refractivity contribution in [2.45, 2.75) is 44.1 Å². The fourth-order valence-electron chi connectivity index (χ4n) is 2.10. The van der Waals surface area contributed by atoms with Gasteiger partial charge in [0.05, 0.1) is 7.11 Å². The van der Waals surface area contributed by atoms with Crippen molar-refractivity contribution >= 4 is 11.9 Å². The summed E-state index contributed by atoms with van der Waals surface area (Å²) in [5.41, 5.74) is 0. The number of rotatable bonds is 2. The van der Waals surface area contributed by atoms with Crippen molar-refractivity contribution < 1.29 is 33.6 Å². The third kappa shape index (κ3) is 2.01. The molecule has 0 radical (unpaired) electrons. The summed E-state index contributed by atoms with van der Waals surface area (Å²) >= 11 is 0. The van der Waals surface area contributed by atoms with Gasteiger partial charge in [0.25, 0.3) is 0 Å². The van der Waals surface area contributed by atoms with E-state index < -0.39 is 42.1 Å². The van der Waals surface area contributed by atoms with Crippen LogP contribution >= 0.6 is 0 Å². The minimum atomic E-state index is -1.22. The highest BCUT2D eigenvalue weighted by atomic mass is 16.8. The van der Waals surface area contributed by atoms with E-state index in [-0.39, 0.29) is 0 Å². The lowest BCUT2D eigenvalue weighted by Gasteiger charge is -2.21. The normalized spacial score (nSPS) is 38.8. The van der Waals surface area contributed by atoms with Gasteiger partial charge in [-0.3, -0.25) is 0 Å². The fourth-order valence-corrected chi connectivity index (χ4v) is 2.10. The molecule has 17 heavy (non-hydrogen) atoms. The van der Waals surface area contributed by atoms with Gasteiger partial charge in [0.2, 0.25) is 0 Å². The summed E-state index contributed by atoms with van der Waals surface area (Å²) in [5.74, 6) is -2.78. The molecule has 2 fully saturated rings. The van der Waals surface area contributed by atoms with Crippen LogP contribution in [0, 0.1) is 0 Å². The van der Waals surface area contributed by atoms with Gasteiger partial charge in [-0.05, 0) is 13.8 Å². The van der Waals surface area contributed by atoms with Crippen LogP contribution in [-0.4, -0.2) is 54.4 Å². The summed E-state index contributed by atoms with van der Waals surface area (Å²) < 4.78 is 20.6. The van der Waals surface area contributed by atoms with Gasteiger partial charge in [-0.1, -0.05) is 0 Å². The van der Waals surface area contributed by atoms with Crippen LogP contribution in [-0.2, 0) is 28.5 Å². The average molecular weight is 246 g/mol. The second-order valence-electron chi connectivity index (χ2n) is 4.40. The molecule has 2 aliphatic heterocycles. The third-order valence-corrected chi connectivity index (χ3v) is 2.73. The minimum Gasteiger partial charge on any atom is -0.479 e. The highest BCUT2D eigenvalue weighted by Gasteiger charge is 2.60. The molecule has 2 saturated heterocycles. The van der Waals surface area contributed by atoms with E-state index in [9.17, 15) is 9.59 Å². The second kappa shape index (κ2) is 3.94. The Labute approximate surface area is 97.6 Å². The van der Waals surface area contributed by atoms with Gasteiger partial charge in [0.1, 0.15) is 12.2 Å². The van der Waals surface area contributed by atoms with E-state index in [0.717, 1.165) is 0 Å². The van der Waals surface area contributed by atoms with E-state index in [1.165, 1.54) is 7.11 Å². The van der Waals surface area contributed by atoms with Crippen molar-refractivity contribution in [1.82, 2.24) is 0 Å². The Kier molecular flexibility index (Phi) is 2.84. The number of ether oxygens (including phenoxy) is 4. The number of hydrogen-bond acceptors (Lipinski definition) is 6. The second-order valence-corrected chi connectivity index (χ2v) is 4.40. The molecule has 7 nitrogen and oxygen atoms in total. The summed E-state index contributed by atoms with van der Waals surface area (Å²) in [7, 11) is 1.20. The molecule has 7 heteroatoms. The Hall–Kier alpha value is -1.18. The first-order valence-corrected chi connectivity index (χ1v) is 5.17. The molecule has 2 heterocycles. The Morgan fingerprint density at radius 2 is 1.71 bits per heavy atom. The summed E-state index contributed by atoms with van der Waals surface area (Å²) in [6.07, 6.45) is -3.83. The summed E-state index contributed by atoms with van der Waals surface area (Å²) in [6.45, 7) is 3.30. The van der Waals surface area contributed by atoms with Gasteiger partial charge >= 0.3 is 11.9 Å². The monoisotopic (exact) mass is 246 g/mol. The molecule has 0 spiro atoms. The Morgan fingerprint density at radius 1 is 1.18 bits per heavy atom. The van der Waals surface area contributed by atoms with Crippen LogP contribution in [0.25, 0.3) is 0 Å². The number of carboxylic acid groups (broad SMARTS) is 1.